The summed E-state index contributed by atoms with van der Waals surface area (Å²) in [6.07, 6.45) is 3.71. The lowest BCUT2D eigenvalue weighted by atomic mass is 10.0. The van der Waals surface area contributed by atoms with E-state index in [1.54, 1.807) is 6.07 Å². The zero-order chi connectivity index (χ0) is 8.97. The van der Waals surface area contributed by atoms with Crippen molar-refractivity contribution >= 4 is 0 Å². The summed E-state index contributed by atoms with van der Waals surface area (Å²) in [6, 6.07) is 7.78. The molecule has 0 amide bonds. The largest absolute Gasteiger partial charge is 0.192 e. The van der Waals surface area contributed by atoms with Crippen LogP contribution in [0.3, 0.4) is 0 Å². The standard InChI is InChI=1S/C11H10N/c1-3-9-5-10(4-2)7-11(6-9)8-12/h5-7H,1,4H2,2H3. The van der Waals surface area contributed by atoms with E-state index in [2.05, 4.69) is 25.6 Å². The number of benzene rings is 1. The van der Waals surface area contributed by atoms with Crippen LogP contribution in [-0.4, -0.2) is 0 Å². The van der Waals surface area contributed by atoms with Crippen LogP contribution in [0.4, 0.5) is 0 Å². The summed E-state index contributed by atoms with van der Waals surface area (Å²) in [6.45, 7) is 5.61. The number of rotatable bonds is 2. The molecule has 0 atom stereocenters. The Kier molecular flexibility index (Phi) is 2.66. The van der Waals surface area contributed by atoms with Gasteiger partial charge in [0.15, 0.2) is 0 Å². The van der Waals surface area contributed by atoms with Crippen LogP contribution in [-0.2, 0) is 6.42 Å². The molecule has 1 aromatic carbocycles. The third kappa shape index (κ3) is 1.73. The highest BCUT2D eigenvalue weighted by molar-refractivity contribution is 5.39. The van der Waals surface area contributed by atoms with Crippen molar-refractivity contribution in [2.24, 2.45) is 0 Å². The summed E-state index contributed by atoms with van der Waals surface area (Å²) in [5.41, 5.74) is 2.73. The normalized spacial score (nSPS) is 9.00. The topological polar surface area (TPSA) is 23.8 Å². The van der Waals surface area contributed by atoms with E-state index in [1.807, 2.05) is 12.1 Å². The van der Waals surface area contributed by atoms with E-state index in [0.29, 0.717) is 5.56 Å². The van der Waals surface area contributed by atoms with Crippen molar-refractivity contribution in [3.63, 3.8) is 0 Å². The van der Waals surface area contributed by atoms with Crippen molar-refractivity contribution < 1.29 is 0 Å². The van der Waals surface area contributed by atoms with Gasteiger partial charge in [0.1, 0.15) is 0 Å². The second kappa shape index (κ2) is 3.73. The van der Waals surface area contributed by atoms with E-state index < -0.39 is 0 Å². The summed E-state index contributed by atoms with van der Waals surface area (Å²) < 4.78 is 0. The van der Waals surface area contributed by atoms with Crippen LogP contribution in [0.15, 0.2) is 24.8 Å². The van der Waals surface area contributed by atoms with Gasteiger partial charge in [0.25, 0.3) is 0 Å². The van der Waals surface area contributed by atoms with Crippen LogP contribution in [0.5, 0.6) is 0 Å². The molecule has 0 saturated heterocycles. The number of nitrogens with zero attached hydrogens (tertiary/aromatic N) is 1. The van der Waals surface area contributed by atoms with Gasteiger partial charge in [-0.25, -0.2) is 0 Å². The monoisotopic (exact) mass is 156 g/mol. The van der Waals surface area contributed by atoms with E-state index >= 15 is 0 Å². The Morgan fingerprint density at radius 3 is 2.50 bits per heavy atom. The highest BCUT2D eigenvalue weighted by atomic mass is 14.2. The van der Waals surface area contributed by atoms with Gasteiger partial charge in [-0.3, -0.25) is 0 Å². The van der Waals surface area contributed by atoms with Gasteiger partial charge in [-0.2, -0.15) is 5.26 Å². The lowest BCUT2D eigenvalue weighted by Gasteiger charge is -1.99. The zero-order valence-corrected chi connectivity index (χ0v) is 7.09. The quantitative estimate of drug-likeness (QED) is 0.645. The maximum Gasteiger partial charge on any atom is 0.0991 e. The molecule has 0 N–H and O–H groups in total. The van der Waals surface area contributed by atoms with Gasteiger partial charge < -0.3 is 0 Å². The van der Waals surface area contributed by atoms with Crippen molar-refractivity contribution in [3.05, 3.63) is 47.5 Å². The molecule has 0 saturated carbocycles. The number of aryl methyl sites for hydroxylation is 1. The molecule has 1 radical (unpaired) electrons. The fourth-order valence-corrected chi connectivity index (χ4v) is 1.06. The molecule has 1 rings (SSSR count). The Morgan fingerprint density at radius 1 is 1.33 bits per heavy atom. The molecular formula is C11H10N. The van der Waals surface area contributed by atoms with Crippen molar-refractivity contribution in [3.8, 4) is 6.07 Å². The van der Waals surface area contributed by atoms with Gasteiger partial charge >= 0.3 is 0 Å². The molecule has 0 aliphatic rings. The van der Waals surface area contributed by atoms with Crippen LogP contribution in [0.25, 0.3) is 0 Å². The molecule has 0 aliphatic heterocycles. The van der Waals surface area contributed by atoms with Crippen LogP contribution in [0.2, 0.25) is 0 Å². The number of hydrogen-bond acceptors (Lipinski definition) is 1. The second-order valence-electron chi connectivity index (χ2n) is 2.56. The molecule has 0 aliphatic carbocycles. The minimum Gasteiger partial charge on any atom is -0.192 e. The molecule has 0 heterocycles. The maximum atomic E-state index is 8.68. The number of hydrogen-bond donors (Lipinski definition) is 0. The molecule has 0 fully saturated rings. The van der Waals surface area contributed by atoms with E-state index in [0.717, 1.165) is 17.5 Å². The molecule has 0 spiro atoms. The SMILES string of the molecule is C=[C]c1cc(C#N)cc(CC)c1. The third-order valence-electron chi connectivity index (χ3n) is 1.73. The van der Waals surface area contributed by atoms with Crippen molar-refractivity contribution in [1.29, 1.82) is 5.26 Å². The molecule has 59 valence electrons. The molecule has 1 heteroatoms. The average molecular weight is 156 g/mol. The summed E-state index contributed by atoms with van der Waals surface area (Å²) in [7, 11) is 0. The summed E-state index contributed by atoms with van der Waals surface area (Å²) in [5.74, 6) is 0. The molecule has 12 heavy (non-hydrogen) atoms. The Bertz CT molecular complexity index is 331. The van der Waals surface area contributed by atoms with E-state index in [-0.39, 0.29) is 0 Å². The highest BCUT2D eigenvalue weighted by Crippen LogP contribution is 2.09. The molecule has 0 unspecified atom stereocenters. The summed E-state index contributed by atoms with van der Waals surface area (Å²) in [4.78, 5) is 0. The minimum atomic E-state index is 0.681. The Labute approximate surface area is 73.0 Å². The van der Waals surface area contributed by atoms with Crippen LogP contribution >= 0.6 is 0 Å². The van der Waals surface area contributed by atoms with Gasteiger partial charge in [0, 0.05) is 0 Å². The van der Waals surface area contributed by atoms with E-state index in [1.165, 1.54) is 0 Å². The predicted molar refractivity (Wildman–Crippen MR) is 48.5 cm³/mol. The Balaban J connectivity index is 3.21. The van der Waals surface area contributed by atoms with Crippen molar-refractivity contribution in [1.82, 2.24) is 0 Å². The zero-order valence-electron chi connectivity index (χ0n) is 7.09. The van der Waals surface area contributed by atoms with Crippen molar-refractivity contribution in [2.75, 3.05) is 0 Å². The fraction of sp³-hybridized carbons (Fsp3) is 0.182. The first-order chi connectivity index (χ1) is 5.80. The first kappa shape index (κ1) is 8.55. The van der Waals surface area contributed by atoms with Gasteiger partial charge in [-0.15, -0.1) is 0 Å². The van der Waals surface area contributed by atoms with Crippen LogP contribution < -0.4 is 0 Å². The minimum absolute atomic E-state index is 0.681. The first-order valence-electron chi connectivity index (χ1n) is 3.87. The first-order valence-corrected chi connectivity index (χ1v) is 3.87. The smallest absolute Gasteiger partial charge is 0.0991 e. The molecule has 0 aromatic heterocycles. The maximum absolute atomic E-state index is 8.68. The third-order valence-corrected chi connectivity index (χ3v) is 1.73. The highest BCUT2D eigenvalue weighted by Gasteiger charge is 1.96. The molecule has 1 aromatic rings. The lowest BCUT2D eigenvalue weighted by molar-refractivity contribution is 1.13. The molecule has 1 nitrogen and oxygen atoms in total. The van der Waals surface area contributed by atoms with E-state index in [9.17, 15) is 0 Å². The predicted octanol–water partition coefficient (Wildman–Crippen LogP) is 2.46. The van der Waals surface area contributed by atoms with Crippen LogP contribution in [0, 0.1) is 17.4 Å². The summed E-state index contributed by atoms with van der Waals surface area (Å²) >= 11 is 0. The fourth-order valence-electron chi connectivity index (χ4n) is 1.06. The summed E-state index contributed by atoms with van der Waals surface area (Å²) in [5, 5.41) is 8.68. The van der Waals surface area contributed by atoms with Crippen LogP contribution in [0.1, 0.15) is 23.6 Å². The molecule has 0 bridgehead atoms. The lowest BCUT2D eigenvalue weighted by Crippen LogP contribution is -1.85. The Morgan fingerprint density at radius 2 is 2.00 bits per heavy atom. The van der Waals surface area contributed by atoms with Gasteiger partial charge in [0.2, 0.25) is 0 Å². The molecular weight excluding hydrogens is 146 g/mol. The Hall–Kier alpha value is -1.55. The number of nitriles is 1. The average Bonchev–Trinajstić information content (AvgIpc) is 2.16. The van der Waals surface area contributed by atoms with Gasteiger partial charge in [-0.05, 0) is 35.8 Å². The van der Waals surface area contributed by atoms with Gasteiger partial charge in [-0.1, -0.05) is 19.6 Å². The second-order valence-corrected chi connectivity index (χ2v) is 2.56. The van der Waals surface area contributed by atoms with Gasteiger partial charge in [0.05, 0.1) is 11.6 Å². The van der Waals surface area contributed by atoms with E-state index in [4.69, 9.17) is 5.26 Å². The van der Waals surface area contributed by atoms with Crippen molar-refractivity contribution in [2.45, 2.75) is 13.3 Å².